The van der Waals surface area contributed by atoms with E-state index in [2.05, 4.69) is 0 Å². The van der Waals surface area contributed by atoms with Gasteiger partial charge >= 0.3 is 8.25 Å². The number of hydrogen-bond acceptors (Lipinski definition) is 5. The van der Waals surface area contributed by atoms with Gasteiger partial charge in [-0.05, 0) is 11.1 Å². The second kappa shape index (κ2) is 10.2. The second-order valence-corrected chi connectivity index (χ2v) is 5.35. The Morgan fingerprint density at radius 2 is 1.09 bits per heavy atom. The summed E-state index contributed by atoms with van der Waals surface area (Å²) in [5.74, 6) is 0. The van der Waals surface area contributed by atoms with Gasteiger partial charge in [0.25, 0.3) is 0 Å². The molecule has 0 fully saturated rings. The molecule has 0 N–H and O–H groups in total. The third kappa shape index (κ3) is 6.89. The van der Waals surface area contributed by atoms with Gasteiger partial charge in [0.2, 0.25) is 13.6 Å². The minimum atomic E-state index is -2.24. The Bertz CT molecular complexity index is 497. The van der Waals surface area contributed by atoms with Crippen LogP contribution in [-0.2, 0) is 36.3 Å². The van der Waals surface area contributed by atoms with Crippen LogP contribution in [0.1, 0.15) is 11.1 Å². The Hall–Kier alpha value is -1.62. The maximum Gasteiger partial charge on any atom is 0.702 e. The van der Waals surface area contributed by atoms with Gasteiger partial charge in [-0.3, -0.25) is 0 Å². The molecule has 0 aliphatic heterocycles. The fourth-order valence-corrected chi connectivity index (χ4v) is 2.06. The standard InChI is InChI=1S/C16H18O5P/c17-22(20-13-18-11-15-7-3-1-4-8-15)21-14-19-12-16-9-5-2-6-10-16/h1-10H,11-14H2/q+1. The minimum Gasteiger partial charge on any atom is -0.346 e. The lowest BCUT2D eigenvalue weighted by Crippen LogP contribution is -1.99. The molecule has 0 atom stereocenters. The number of benzene rings is 2. The maximum atomic E-state index is 11.4. The molecule has 0 heterocycles. The van der Waals surface area contributed by atoms with Crippen LogP contribution in [-0.4, -0.2) is 13.6 Å². The van der Waals surface area contributed by atoms with Gasteiger partial charge in [0.1, 0.15) is 0 Å². The molecular weight excluding hydrogens is 303 g/mol. The molecule has 0 saturated carbocycles. The smallest absolute Gasteiger partial charge is 0.346 e. The Morgan fingerprint density at radius 1 is 0.682 bits per heavy atom. The van der Waals surface area contributed by atoms with Gasteiger partial charge in [-0.2, -0.15) is 0 Å². The lowest BCUT2D eigenvalue weighted by Gasteiger charge is -2.00. The van der Waals surface area contributed by atoms with E-state index in [9.17, 15) is 4.57 Å². The van der Waals surface area contributed by atoms with E-state index in [0.717, 1.165) is 11.1 Å². The first-order valence-corrected chi connectivity index (χ1v) is 7.90. The molecule has 2 aromatic carbocycles. The lowest BCUT2D eigenvalue weighted by molar-refractivity contribution is -0.0271. The van der Waals surface area contributed by atoms with Crippen LogP contribution >= 0.6 is 8.25 Å². The summed E-state index contributed by atoms with van der Waals surface area (Å²) in [6.07, 6.45) is 0. The summed E-state index contributed by atoms with van der Waals surface area (Å²) in [6.45, 7) is 0.606. The highest BCUT2D eigenvalue weighted by atomic mass is 31.1. The van der Waals surface area contributed by atoms with Crippen molar-refractivity contribution in [2.24, 2.45) is 0 Å². The molecule has 5 nitrogen and oxygen atoms in total. The van der Waals surface area contributed by atoms with Crippen LogP contribution < -0.4 is 0 Å². The Balaban J connectivity index is 1.49. The van der Waals surface area contributed by atoms with Gasteiger partial charge in [-0.15, -0.1) is 0 Å². The average Bonchev–Trinajstić information content (AvgIpc) is 2.57. The Labute approximate surface area is 130 Å². The van der Waals surface area contributed by atoms with E-state index in [0.29, 0.717) is 13.2 Å². The van der Waals surface area contributed by atoms with E-state index in [4.69, 9.17) is 18.5 Å². The molecule has 2 aromatic rings. The van der Waals surface area contributed by atoms with Crippen molar-refractivity contribution in [3.63, 3.8) is 0 Å². The third-order valence-electron chi connectivity index (χ3n) is 2.71. The molecule has 0 aromatic heterocycles. The molecule has 0 saturated heterocycles. The molecule has 0 aliphatic carbocycles. The van der Waals surface area contributed by atoms with Crippen molar-refractivity contribution in [3.05, 3.63) is 71.8 Å². The first-order valence-electron chi connectivity index (χ1n) is 6.81. The highest BCUT2D eigenvalue weighted by molar-refractivity contribution is 7.33. The number of hydrogen-bond donors (Lipinski definition) is 0. The van der Waals surface area contributed by atoms with E-state index in [1.54, 1.807) is 0 Å². The monoisotopic (exact) mass is 321 g/mol. The zero-order valence-electron chi connectivity index (χ0n) is 12.1. The maximum absolute atomic E-state index is 11.4. The van der Waals surface area contributed by atoms with Crippen molar-refractivity contribution >= 4 is 8.25 Å². The predicted molar refractivity (Wildman–Crippen MR) is 82.0 cm³/mol. The van der Waals surface area contributed by atoms with Gasteiger partial charge < -0.3 is 9.47 Å². The van der Waals surface area contributed by atoms with Crippen molar-refractivity contribution in [1.29, 1.82) is 0 Å². The normalized spacial score (nSPS) is 10.5. The zero-order chi connectivity index (χ0) is 15.5. The van der Waals surface area contributed by atoms with Crippen molar-refractivity contribution < 1.29 is 23.1 Å². The zero-order valence-corrected chi connectivity index (χ0v) is 13.0. The molecule has 22 heavy (non-hydrogen) atoms. The van der Waals surface area contributed by atoms with Crippen molar-refractivity contribution in [2.75, 3.05) is 13.6 Å². The van der Waals surface area contributed by atoms with Crippen LogP contribution in [0, 0.1) is 0 Å². The molecule has 0 unspecified atom stereocenters. The molecule has 2 rings (SSSR count). The summed E-state index contributed by atoms with van der Waals surface area (Å²) in [7, 11) is -2.24. The Morgan fingerprint density at radius 3 is 1.50 bits per heavy atom. The molecule has 0 amide bonds. The molecule has 0 radical (unpaired) electrons. The Kier molecular flexibility index (Phi) is 7.74. The third-order valence-corrected chi connectivity index (χ3v) is 3.34. The van der Waals surface area contributed by atoms with E-state index < -0.39 is 8.25 Å². The van der Waals surface area contributed by atoms with E-state index in [1.165, 1.54) is 0 Å². The summed E-state index contributed by atoms with van der Waals surface area (Å²) in [6, 6.07) is 19.3. The average molecular weight is 321 g/mol. The first-order chi connectivity index (χ1) is 10.8. The van der Waals surface area contributed by atoms with Crippen LogP contribution in [0.3, 0.4) is 0 Å². The largest absolute Gasteiger partial charge is 0.702 e. The molecule has 6 heteroatoms. The van der Waals surface area contributed by atoms with E-state index in [-0.39, 0.29) is 13.6 Å². The second-order valence-electron chi connectivity index (χ2n) is 4.39. The van der Waals surface area contributed by atoms with Crippen LogP contribution in [0.2, 0.25) is 0 Å². The van der Waals surface area contributed by atoms with Crippen molar-refractivity contribution in [2.45, 2.75) is 13.2 Å². The van der Waals surface area contributed by atoms with Gasteiger partial charge in [0.05, 0.1) is 13.2 Å². The summed E-state index contributed by atoms with van der Waals surface area (Å²) in [5.41, 5.74) is 2.04. The van der Waals surface area contributed by atoms with Gasteiger partial charge in [-0.25, -0.2) is 0 Å². The fraction of sp³-hybridized carbons (Fsp3) is 0.250. The highest BCUT2D eigenvalue weighted by Gasteiger charge is 2.20. The summed E-state index contributed by atoms with van der Waals surface area (Å²) < 4.78 is 31.7. The van der Waals surface area contributed by atoms with E-state index >= 15 is 0 Å². The summed E-state index contributed by atoms with van der Waals surface area (Å²) >= 11 is 0. The quantitative estimate of drug-likeness (QED) is 0.376. The van der Waals surface area contributed by atoms with Gasteiger partial charge in [0, 0.05) is 4.57 Å². The van der Waals surface area contributed by atoms with Crippen LogP contribution in [0.25, 0.3) is 0 Å². The van der Waals surface area contributed by atoms with Gasteiger partial charge in [-0.1, -0.05) is 69.7 Å². The van der Waals surface area contributed by atoms with E-state index in [1.807, 2.05) is 60.7 Å². The van der Waals surface area contributed by atoms with Crippen molar-refractivity contribution in [3.8, 4) is 0 Å². The lowest BCUT2D eigenvalue weighted by atomic mass is 10.2. The predicted octanol–water partition coefficient (Wildman–Crippen LogP) is 4.03. The highest BCUT2D eigenvalue weighted by Crippen LogP contribution is 2.23. The van der Waals surface area contributed by atoms with Crippen LogP contribution in [0.4, 0.5) is 0 Å². The summed E-state index contributed by atoms with van der Waals surface area (Å²) in [5, 5.41) is 0. The first kappa shape index (κ1) is 16.7. The molecule has 0 bridgehead atoms. The summed E-state index contributed by atoms with van der Waals surface area (Å²) in [4.78, 5) is 0. The number of ether oxygens (including phenoxy) is 2. The minimum absolute atomic E-state index is 0.0945. The topological polar surface area (TPSA) is 54.0 Å². The SMILES string of the molecule is O=[P+](OCOCc1ccccc1)OCOCc1ccccc1. The molecule has 116 valence electrons. The molecular formula is C16H18O5P+. The molecule has 0 aliphatic rings. The van der Waals surface area contributed by atoms with Crippen molar-refractivity contribution in [1.82, 2.24) is 0 Å². The van der Waals surface area contributed by atoms with Crippen LogP contribution in [0.15, 0.2) is 60.7 Å². The van der Waals surface area contributed by atoms with Crippen LogP contribution in [0.5, 0.6) is 0 Å². The number of rotatable bonds is 10. The molecule has 0 spiro atoms. The fourth-order valence-electron chi connectivity index (χ4n) is 1.67. The van der Waals surface area contributed by atoms with Gasteiger partial charge in [0.15, 0.2) is 0 Å².